The predicted octanol–water partition coefficient (Wildman–Crippen LogP) is 2.02. The van der Waals surface area contributed by atoms with Crippen molar-refractivity contribution in [1.29, 1.82) is 0 Å². The largest absolute Gasteiger partial charge is 0.383 e. The van der Waals surface area contributed by atoms with Gasteiger partial charge in [0.15, 0.2) is 5.69 Å². The van der Waals surface area contributed by atoms with E-state index in [9.17, 15) is 22.8 Å². The number of nitrogen functional groups attached to an aromatic ring is 1. The Hall–Kier alpha value is -2.96. The Bertz CT molecular complexity index is 1320. The molecule has 0 bridgehead atoms. The van der Waals surface area contributed by atoms with E-state index in [4.69, 9.17) is 10.5 Å². The highest BCUT2D eigenvalue weighted by atomic mass is 32.2. The van der Waals surface area contributed by atoms with E-state index in [-0.39, 0.29) is 59.7 Å². The molecule has 11 nitrogen and oxygen atoms in total. The van der Waals surface area contributed by atoms with Crippen LogP contribution in [-0.2, 0) is 21.3 Å². The summed E-state index contributed by atoms with van der Waals surface area (Å²) >= 11 is 0. The van der Waals surface area contributed by atoms with E-state index < -0.39 is 27.2 Å². The summed E-state index contributed by atoms with van der Waals surface area (Å²) in [6.07, 6.45) is 1.03. The van der Waals surface area contributed by atoms with Gasteiger partial charge in [0.1, 0.15) is 5.82 Å². The maximum absolute atomic E-state index is 13.6. The van der Waals surface area contributed by atoms with Gasteiger partial charge in [0.05, 0.1) is 17.1 Å². The highest BCUT2D eigenvalue weighted by Crippen LogP contribution is 2.24. The molecule has 1 saturated heterocycles. The number of aromatic amines is 1. The van der Waals surface area contributed by atoms with Crippen LogP contribution in [0.2, 0.25) is 0 Å². The minimum absolute atomic E-state index is 0.0243. The summed E-state index contributed by atoms with van der Waals surface area (Å²) in [5.74, 6) is -0.626. The van der Waals surface area contributed by atoms with Gasteiger partial charge >= 0.3 is 5.69 Å². The zero-order valence-corrected chi connectivity index (χ0v) is 22.9. The normalized spacial score (nSPS) is 18.8. The van der Waals surface area contributed by atoms with Gasteiger partial charge in [-0.05, 0) is 50.5 Å². The molecule has 2 aromatic rings. The van der Waals surface area contributed by atoms with Crippen molar-refractivity contribution in [2.45, 2.75) is 71.1 Å². The molecule has 3 N–H and O–H groups in total. The Labute approximate surface area is 217 Å². The quantitative estimate of drug-likeness (QED) is 0.499. The van der Waals surface area contributed by atoms with Crippen molar-refractivity contribution in [3.8, 4) is 0 Å². The molecule has 1 fully saturated rings. The molecular weight excluding hydrogens is 498 g/mol. The number of rotatable bonds is 9. The lowest BCUT2D eigenvalue weighted by molar-refractivity contribution is -0.0440. The Morgan fingerprint density at radius 1 is 1.16 bits per heavy atom. The topological polar surface area (TPSA) is 148 Å². The molecule has 12 heteroatoms. The molecule has 0 aliphatic carbocycles. The zero-order chi connectivity index (χ0) is 27.5. The van der Waals surface area contributed by atoms with Crippen LogP contribution in [0.15, 0.2) is 38.8 Å². The zero-order valence-electron chi connectivity index (χ0n) is 22.1. The van der Waals surface area contributed by atoms with Gasteiger partial charge in [0.2, 0.25) is 10.0 Å². The molecule has 3 rings (SSSR count). The smallest absolute Gasteiger partial charge is 0.330 e. The minimum Gasteiger partial charge on any atom is -0.383 e. The number of hydrogen-bond donors (Lipinski definition) is 2. The molecule has 1 aliphatic heterocycles. The van der Waals surface area contributed by atoms with Crippen LogP contribution >= 0.6 is 0 Å². The number of H-pyrrole nitrogens is 1. The van der Waals surface area contributed by atoms with Gasteiger partial charge in [-0.3, -0.25) is 19.1 Å². The van der Waals surface area contributed by atoms with Crippen molar-refractivity contribution in [3.63, 3.8) is 0 Å². The predicted molar refractivity (Wildman–Crippen MR) is 142 cm³/mol. The first kappa shape index (κ1) is 28.6. The van der Waals surface area contributed by atoms with E-state index in [2.05, 4.69) is 4.98 Å². The molecule has 204 valence electrons. The van der Waals surface area contributed by atoms with Gasteiger partial charge in [-0.25, -0.2) is 13.2 Å². The molecule has 1 aromatic carbocycles. The number of hydrogen-bond acceptors (Lipinski definition) is 7. The van der Waals surface area contributed by atoms with Crippen LogP contribution < -0.4 is 21.9 Å². The summed E-state index contributed by atoms with van der Waals surface area (Å²) in [7, 11) is -3.78. The summed E-state index contributed by atoms with van der Waals surface area (Å²) in [5.41, 5.74) is 4.97. The number of nitrogens with one attached hydrogen (secondary N) is 1. The molecule has 0 spiro atoms. The van der Waals surface area contributed by atoms with E-state index in [1.165, 1.54) is 38.0 Å². The Morgan fingerprint density at radius 3 is 2.30 bits per heavy atom. The van der Waals surface area contributed by atoms with Crippen molar-refractivity contribution < 1.29 is 17.9 Å². The van der Waals surface area contributed by atoms with E-state index in [1.807, 2.05) is 34.6 Å². The standard InChI is InChI=1S/C25H37N5O6S/c1-6-7-12-29-22(26)21(23(31)27-25(29)33)30(13-16(2)3)24(32)19-8-10-20(11-9-19)37(34,35)28-14-17(4)36-18(5)15-28/h8-11,16-18H,6-7,12-15,26H2,1-5H3,(H,27,31,33)/t17-,18+. The molecule has 1 amide bonds. The number of aromatic nitrogens is 2. The first-order chi connectivity index (χ1) is 17.4. The monoisotopic (exact) mass is 535 g/mol. The summed E-state index contributed by atoms with van der Waals surface area (Å²) in [6, 6.07) is 5.62. The van der Waals surface area contributed by atoms with Gasteiger partial charge in [0.25, 0.3) is 11.5 Å². The van der Waals surface area contributed by atoms with Gasteiger partial charge in [-0.1, -0.05) is 27.2 Å². The number of nitrogens with zero attached hydrogens (tertiary/aromatic N) is 3. The summed E-state index contributed by atoms with van der Waals surface area (Å²) < 4.78 is 34.7. The summed E-state index contributed by atoms with van der Waals surface area (Å²) in [4.78, 5) is 42.4. The van der Waals surface area contributed by atoms with Crippen LogP contribution in [0.4, 0.5) is 11.5 Å². The fraction of sp³-hybridized carbons (Fsp3) is 0.560. The molecule has 0 unspecified atom stereocenters. The van der Waals surface area contributed by atoms with Gasteiger partial charge in [-0.15, -0.1) is 0 Å². The fourth-order valence-electron chi connectivity index (χ4n) is 4.42. The SMILES string of the molecule is CCCCn1c(N)c(N(CC(C)C)C(=O)c2ccc(S(=O)(=O)N3C[C@@H](C)O[C@@H](C)C3)cc2)c(=O)[nH]c1=O. The van der Waals surface area contributed by atoms with Crippen molar-refractivity contribution in [1.82, 2.24) is 13.9 Å². The molecular formula is C25H37N5O6S. The summed E-state index contributed by atoms with van der Waals surface area (Å²) in [6.45, 7) is 10.3. The number of carbonyl (C=O) groups excluding carboxylic acids is 1. The van der Waals surface area contributed by atoms with E-state index >= 15 is 0 Å². The number of sulfonamides is 1. The number of anilines is 2. The van der Waals surface area contributed by atoms with Crippen molar-refractivity contribution in [2.24, 2.45) is 5.92 Å². The molecule has 1 aromatic heterocycles. The van der Waals surface area contributed by atoms with Crippen molar-refractivity contribution in [2.75, 3.05) is 30.3 Å². The van der Waals surface area contributed by atoms with Gasteiger partial charge < -0.3 is 15.4 Å². The highest BCUT2D eigenvalue weighted by Gasteiger charge is 2.33. The number of amides is 1. The fourth-order valence-corrected chi connectivity index (χ4v) is 6.01. The summed E-state index contributed by atoms with van der Waals surface area (Å²) in [5, 5.41) is 0. The van der Waals surface area contributed by atoms with Crippen LogP contribution in [0.1, 0.15) is 57.8 Å². The van der Waals surface area contributed by atoms with Crippen LogP contribution in [-0.4, -0.2) is 60.0 Å². The van der Waals surface area contributed by atoms with Crippen molar-refractivity contribution >= 4 is 27.4 Å². The number of carbonyl (C=O) groups is 1. The van der Waals surface area contributed by atoms with Crippen LogP contribution in [0.25, 0.3) is 0 Å². The number of nitrogens with two attached hydrogens (primary N) is 1. The number of benzene rings is 1. The Balaban J connectivity index is 1.98. The molecule has 0 radical (unpaired) electrons. The van der Waals surface area contributed by atoms with Crippen molar-refractivity contribution in [3.05, 3.63) is 50.7 Å². The molecule has 2 heterocycles. The number of ether oxygens (including phenoxy) is 1. The molecule has 2 atom stereocenters. The lowest BCUT2D eigenvalue weighted by atomic mass is 10.1. The third kappa shape index (κ3) is 6.31. The first-order valence-electron chi connectivity index (χ1n) is 12.6. The van der Waals surface area contributed by atoms with Gasteiger partial charge in [-0.2, -0.15) is 4.31 Å². The lowest BCUT2D eigenvalue weighted by Crippen LogP contribution is -2.48. The van der Waals surface area contributed by atoms with Crippen LogP contribution in [0.5, 0.6) is 0 Å². The second kappa shape index (κ2) is 11.6. The number of unbranched alkanes of at least 4 members (excludes halogenated alkanes) is 1. The Kier molecular flexibility index (Phi) is 8.98. The van der Waals surface area contributed by atoms with E-state index in [0.717, 1.165) is 6.42 Å². The minimum atomic E-state index is -3.78. The average molecular weight is 536 g/mol. The third-order valence-electron chi connectivity index (χ3n) is 6.14. The average Bonchev–Trinajstić information content (AvgIpc) is 2.82. The maximum Gasteiger partial charge on any atom is 0.330 e. The molecule has 0 saturated carbocycles. The molecule has 37 heavy (non-hydrogen) atoms. The second-order valence-electron chi connectivity index (χ2n) is 9.91. The van der Waals surface area contributed by atoms with Gasteiger partial charge in [0, 0.05) is 31.7 Å². The van der Waals surface area contributed by atoms with E-state index in [0.29, 0.717) is 13.0 Å². The molecule has 1 aliphatic rings. The lowest BCUT2D eigenvalue weighted by Gasteiger charge is -2.34. The number of morpholine rings is 1. The first-order valence-corrected chi connectivity index (χ1v) is 14.0. The van der Waals surface area contributed by atoms with E-state index in [1.54, 1.807) is 0 Å². The maximum atomic E-state index is 13.6. The van der Waals surface area contributed by atoms with Crippen LogP contribution in [0, 0.1) is 5.92 Å². The second-order valence-corrected chi connectivity index (χ2v) is 11.8. The highest BCUT2D eigenvalue weighted by molar-refractivity contribution is 7.89. The third-order valence-corrected chi connectivity index (χ3v) is 7.98. The van der Waals surface area contributed by atoms with Crippen LogP contribution in [0.3, 0.4) is 0 Å². The Morgan fingerprint density at radius 2 is 1.76 bits per heavy atom.